The van der Waals surface area contributed by atoms with Crippen LogP contribution in [0, 0.1) is 0 Å². The lowest BCUT2D eigenvalue weighted by molar-refractivity contribution is -0.150. The number of thioether (sulfide) groups is 3. The van der Waals surface area contributed by atoms with Crippen LogP contribution >= 0.6 is 69.8 Å². The second-order valence-corrected chi connectivity index (χ2v) is 20.4. The second-order valence-electron chi connectivity index (χ2n) is 14.5. The Balaban J connectivity index is 1.09. The molecule has 62 heavy (non-hydrogen) atoms. The Kier molecular flexibility index (Phi) is 14.1. The second kappa shape index (κ2) is 19.5. The summed E-state index contributed by atoms with van der Waals surface area (Å²) >= 11 is 12.6. The van der Waals surface area contributed by atoms with Crippen molar-refractivity contribution in [2.24, 2.45) is 5.16 Å². The van der Waals surface area contributed by atoms with Gasteiger partial charge in [0.1, 0.15) is 32.7 Å². The van der Waals surface area contributed by atoms with Crippen molar-refractivity contribution in [2.75, 3.05) is 23.8 Å². The number of nitrogens with one attached hydrogen (secondary N) is 2. The molecule has 0 bridgehead atoms. The van der Waals surface area contributed by atoms with Crippen molar-refractivity contribution < 1.29 is 33.9 Å². The first kappa shape index (κ1) is 44.9. The highest BCUT2D eigenvalue weighted by atomic mass is 35.5. The number of aliphatic carboxylic acids is 1. The Morgan fingerprint density at radius 2 is 1.60 bits per heavy atom. The SMILES string of the molecule is CC(C)(C)OC(=O)NCCSCc1nsc(SC2=C(C(=O)O)N3C(=O)[C@@H](NC(=O)C(=NOC(c4ccccc4)(c4ccccc4)c4ccccc4)c4nc(N)sc4Cl)[C@@H]3SC2)n1. The molecule has 0 radical (unpaired) electrons. The molecule has 2 atom stereocenters. The number of fused-ring (bicyclic) bond motifs is 1. The number of anilines is 1. The molecule has 0 aliphatic carbocycles. The summed E-state index contributed by atoms with van der Waals surface area (Å²) in [4.78, 5) is 69.8. The van der Waals surface area contributed by atoms with Crippen LogP contribution in [0.25, 0.3) is 0 Å². The molecule has 2 aliphatic rings. The summed E-state index contributed by atoms with van der Waals surface area (Å²) in [5.74, 6) is -0.910. The highest BCUT2D eigenvalue weighted by molar-refractivity contribution is 8.07. The third-order valence-electron chi connectivity index (χ3n) is 9.08. The molecule has 0 unspecified atom stereocenters. The Bertz CT molecular complexity index is 2400. The van der Waals surface area contributed by atoms with Crippen LogP contribution in [0.15, 0.2) is 111 Å². The summed E-state index contributed by atoms with van der Waals surface area (Å²) in [6, 6.07) is 27.1. The third kappa shape index (κ3) is 10.1. The number of carbonyl (C=O) groups is 4. The van der Waals surface area contributed by atoms with E-state index in [0.717, 1.165) is 34.6 Å². The fraction of sp³-hybridized carbons (Fsp3) is 0.268. The number of β-lactam (4-membered cyclic amide) rings is 1. The number of benzene rings is 3. The molecule has 1 fully saturated rings. The van der Waals surface area contributed by atoms with Gasteiger partial charge in [0.25, 0.3) is 11.8 Å². The molecular formula is C41H39ClN8O7S5. The zero-order chi connectivity index (χ0) is 44.0. The molecule has 3 aromatic carbocycles. The molecule has 21 heteroatoms. The number of oxime groups is 1. The predicted octanol–water partition coefficient (Wildman–Crippen LogP) is 7.19. The van der Waals surface area contributed by atoms with Gasteiger partial charge in [-0.1, -0.05) is 131 Å². The Labute approximate surface area is 382 Å². The molecule has 2 aromatic heterocycles. The van der Waals surface area contributed by atoms with E-state index in [1.165, 1.54) is 28.4 Å². The van der Waals surface area contributed by atoms with Gasteiger partial charge in [0.05, 0.1) is 5.75 Å². The van der Waals surface area contributed by atoms with Crippen LogP contribution < -0.4 is 16.4 Å². The van der Waals surface area contributed by atoms with Gasteiger partial charge in [0.2, 0.25) is 5.60 Å². The van der Waals surface area contributed by atoms with E-state index in [9.17, 15) is 24.3 Å². The van der Waals surface area contributed by atoms with Gasteiger partial charge in [-0.25, -0.2) is 19.6 Å². The Morgan fingerprint density at radius 3 is 2.15 bits per heavy atom. The molecule has 5 N–H and O–H groups in total. The highest BCUT2D eigenvalue weighted by Gasteiger charge is 2.55. The molecular weight excluding hydrogens is 912 g/mol. The molecule has 4 heterocycles. The topological polar surface area (TPSA) is 211 Å². The lowest BCUT2D eigenvalue weighted by Gasteiger charge is -2.49. The molecule has 322 valence electrons. The first-order valence-corrected chi connectivity index (χ1v) is 23.9. The molecule has 1 saturated heterocycles. The number of carbonyl (C=O) groups excluding carboxylic acids is 3. The van der Waals surface area contributed by atoms with E-state index in [0.29, 0.717) is 49.8 Å². The molecule has 15 nitrogen and oxygen atoms in total. The number of thiazole rings is 1. The zero-order valence-corrected chi connectivity index (χ0v) is 38.1. The number of nitrogens with zero attached hydrogens (tertiary/aromatic N) is 5. The maximum absolute atomic E-state index is 14.4. The van der Waals surface area contributed by atoms with Gasteiger partial charge < -0.3 is 31.0 Å². The number of hydrogen-bond acceptors (Lipinski definition) is 16. The van der Waals surface area contributed by atoms with Crippen molar-refractivity contribution in [1.82, 2.24) is 29.9 Å². The number of nitrogens with two attached hydrogens (primary N) is 1. The first-order chi connectivity index (χ1) is 29.7. The number of rotatable bonds is 16. The number of halogens is 1. The van der Waals surface area contributed by atoms with Gasteiger partial charge in [0.15, 0.2) is 21.0 Å². The van der Waals surface area contributed by atoms with E-state index in [2.05, 4.69) is 30.1 Å². The normalized spacial score (nSPS) is 16.6. The minimum absolute atomic E-state index is 0.0493. The van der Waals surface area contributed by atoms with Crippen LogP contribution in [0.4, 0.5) is 9.93 Å². The van der Waals surface area contributed by atoms with E-state index in [-0.39, 0.29) is 32.3 Å². The number of aromatic nitrogens is 3. The lowest BCUT2D eigenvalue weighted by atomic mass is 9.80. The summed E-state index contributed by atoms with van der Waals surface area (Å²) in [6.07, 6.45) is -0.490. The van der Waals surface area contributed by atoms with Crippen LogP contribution in [-0.4, -0.2) is 89.0 Å². The number of alkyl carbamates (subject to hydrolysis) is 1. The standard InChI is InChI=1S/C41H39ClN8O7S5/c1-40(2,3)56-38(55)44-19-20-58-22-27-45-39(62-49-27)60-26-21-59-35-30(34(52)50(35)31(26)36(53)54)46-33(51)29(28-32(42)61-37(43)47-28)48-57-41(23-13-7-4-8-14-23,24-15-9-5-10-16-24)25-17-11-6-12-18-25/h4-18,30,35H,19-22H2,1-3H3,(H2,43,47)(H,44,55)(H,46,51)(H,53,54)/t30-,35+/m1/s1. The van der Waals surface area contributed by atoms with Gasteiger partial charge in [-0.05, 0) is 32.3 Å². The van der Waals surface area contributed by atoms with E-state index in [1.54, 1.807) is 20.8 Å². The van der Waals surface area contributed by atoms with Crippen molar-refractivity contribution >= 4 is 104 Å². The van der Waals surface area contributed by atoms with Gasteiger partial charge >= 0.3 is 12.1 Å². The summed E-state index contributed by atoms with van der Waals surface area (Å²) in [7, 11) is 0. The van der Waals surface area contributed by atoms with Crippen LogP contribution in [0.2, 0.25) is 4.34 Å². The van der Waals surface area contributed by atoms with Crippen molar-refractivity contribution in [3.05, 3.63) is 134 Å². The van der Waals surface area contributed by atoms with Crippen molar-refractivity contribution in [3.63, 3.8) is 0 Å². The lowest BCUT2D eigenvalue weighted by Crippen LogP contribution is -2.71. The van der Waals surface area contributed by atoms with Gasteiger partial charge in [-0.15, -0.1) is 11.8 Å². The fourth-order valence-corrected chi connectivity index (χ4v) is 11.5. The van der Waals surface area contributed by atoms with Crippen molar-refractivity contribution in [3.8, 4) is 0 Å². The third-order valence-corrected chi connectivity index (χ3v) is 14.5. The Morgan fingerprint density at radius 1 is 0.984 bits per heavy atom. The van der Waals surface area contributed by atoms with Crippen LogP contribution in [0.5, 0.6) is 0 Å². The van der Waals surface area contributed by atoms with Crippen molar-refractivity contribution in [1.29, 1.82) is 0 Å². The van der Waals surface area contributed by atoms with E-state index in [4.69, 9.17) is 26.9 Å². The summed E-state index contributed by atoms with van der Waals surface area (Å²) < 4.78 is 10.2. The Hall–Kier alpha value is -5.12. The average molecular weight is 952 g/mol. The monoisotopic (exact) mass is 950 g/mol. The van der Waals surface area contributed by atoms with Gasteiger partial charge in [-0.2, -0.15) is 16.1 Å². The number of nitrogen functional groups attached to an aromatic ring is 1. The number of ether oxygens (including phenoxy) is 1. The van der Waals surface area contributed by atoms with E-state index in [1.807, 2.05) is 91.0 Å². The summed E-state index contributed by atoms with van der Waals surface area (Å²) in [5.41, 5.74) is 5.63. The van der Waals surface area contributed by atoms with Crippen LogP contribution in [0.1, 0.15) is 49.0 Å². The fourth-order valence-electron chi connectivity index (χ4n) is 6.47. The van der Waals surface area contributed by atoms with Crippen molar-refractivity contribution in [2.45, 2.75) is 53.5 Å². The van der Waals surface area contributed by atoms with Crippen LogP contribution in [-0.2, 0) is 35.3 Å². The number of carboxylic acid groups (broad SMARTS) is 1. The van der Waals surface area contributed by atoms with Crippen LogP contribution in [0.3, 0.4) is 0 Å². The van der Waals surface area contributed by atoms with E-state index < -0.39 is 46.5 Å². The predicted molar refractivity (Wildman–Crippen MR) is 244 cm³/mol. The molecule has 0 saturated carbocycles. The van der Waals surface area contributed by atoms with Gasteiger partial charge in [-0.3, -0.25) is 14.5 Å². The molecule has 3 amide bonds. The molecule has 2 aliphatic heterocycles. The van der Waals surface area contributed by atoms with Gasteiger partial charge in [0, 0.05) is 39.6 Å². The zero-order valence-electron chi connectivity index (χ0n) is 33.3. The summed E-state index contributed by atoms with van der Waals surface area (Å²) in [6.45, 7) is 5.78. The smallest absolute Gasteiger partial charge is 0.407 e. The minimum Gasteiger partial charge on any atom is -0.477 e. The number of carboxylic acids is 1. The molecule has 7 rings (SSSR count). The van der Waals surface area contributed by atoms with E-state index >= 15 is 0 Å². The quantitative estimate of drug-likeness (QED) is 0.0254. The largest absolute Gasteiger partial charge is 0.477 e. The summed E-state index contributed by atoms with van der Waals surface area (Å²) in [5, 5.41) is 19.7. The average Bonchev–Trinajstić information content (AvgIpc) is 3.85. The highest BCUT2D eigenvalue weighted by Crippen LogP contribution is 2.46. The number of amides is 3. The minimum atomic E-state index is -1.37. The maximum Gasteiger partial charge on any atom is 0.407 e. The maximum atomic E-state index is 14.4. The number of hydrogen-bond donors (Lipinski definition) is 4. The molecule has 0 spiro atoms. The molecule has 5 aromatic rings. The first-order valence-electron chi connectivity index (χ1n) is 18.9.